The number of benzene rings is 1. The smallest absolute Gasteiger partial charge is 0.304 e. The fraction of sp³-hybridized carbons (Fsp3) is 0.500. The summed E-state index contributed by atoms with van der Waals surface area (Å²) in [6.45, 7) is 7.06. The Bertz CT molecular complexity index is 413. The Balaban J connectivity index is 2.62. The van der Waals surface area contributed by atoms with Crippen molar-refractivity contribution in [1.82, 2.24) is 0 Å². The number of nitrogens with one attached hydrogen (secondary N) is 1. The van der Waals surface area contributed by atoms with E-state index in [1.165, 1.54) is 12.1 Å². The van der Waals surface area contributed by atoms with Gasteiger partial charge in [0.1, 0.15) is 0 Å². The van der Waals surface area contributed by atoms with Gasteiger partial charge in [0.2, 0.25) is 5.82 Å². The fourth-order valence-corrected chi connectivity index (χ4v) is 1.35. The van der Waals surface area contributed by atoms with E-state index in [1.807, 2.05) is 0 Å². The first-order valence-corrected chi connectivity index (χ1v) is 5.47. The lowest BCUT2D eigenvalue weighted by molar-refractivity contribution is -0.387. The SMILES string of the molecule is CC(C)(C)CCNc1ccc([N+](=O)[O-])c(F)c1. The Morgan fingerprint density at radius 1 is 1.41 bits per heavy atom. The van der Waals surface area contributed by atoms with Crippen molar-refractivity contribution in [1.29, 1.82) is 0 Å². The van der Waals surface area contributed by atoms with E-state index in [-0.39, 0.29) is 5.41 Å². The summed E-state index contributed by atoms with van der Waals surface area (Å²) in [5.41, 5.74) is 0.274. The van der Waals surface area contributed by atoms with Crippen LogP contribution in [0.3, 0.4) is 0 Å². The molecule has 0 saturated heterocycles. The highest BCUT2D eigenvalue weighted by Gasteiger charge is 2.14. The van der Waals surface area contributed by atoms with E-state index in [0.717, 1.165) is 12.5 Å². The lowest BCUT2D eigenvalue weighted by Gasteiger charge is -2.18. The third-order valence-corrected chi connectivity index (χ3v) is 2.35. The van der Waals surface area contributed by atoms with Gasteiger partial charge in [-0.25, -0.2) is 0 Å². The van der Waals surface area contributed by atoms with Crippen molar-refractivity contribution < 1.29 is 9.31 Å². The molecule has 0 amide bonds. The van der Waals surface area contributed by atoms with Gasteiger partial charge in [0.05, 0.1) is 4.92 Å². The van der Waals surface area contributed by atoms with Gasteiger partial charge in [0.15, 0.2) is 0 Å². The Morgan fingerprint density at radius 3 is 2.53 bits per heavy atom. The highest BCUT2D eigenvalue weighted by molar-refractivity contribution is 5.49. The largest absolute Gasteiger partial charge is 0.385 e. The van der Waals surface area contributed by atoms with Crippen molar-refractivity contribution in [2.45, 2.75) is 27.2 Å². The first kappa shape index (κ1) is 13.4. The second kappa shape index (κ2) is 5.12. The zero-order valence-electron chi connectivity index (χ0n) is 10.3. The predicted molar refractivity (Wildman–Crippen MR) is 65.6 cm³/mol. The summed E-state index contributed by atoms with van der Waals surface area (Å²) in [6.07, 6.45) is 0.936. The maximum Gasteiger partial charge on any atom is 0.304 e. The molecule has 0 aliphatic heterocycles. The third-order valence-electron chi connectivity index (χ3n) is 2.35. The van der Waals surface area contributed by atoms with Crippen LogP contribution in [0.1, 0.15) is 27.2 Å². The number of nitro benzene ring substituents is 1. The summed E-state index contributed by atoms with van der Waals surface area (Å²) in [5.74, 6) is -0.809. The van der Waals surface area contributed by atoms with Crippen molar-refractivity contribution in [3.05, 3.63) is 34.1 Å². The molecule has 0 atom stereocenters. The number of anilines is 1. The maximum absolute atomic E-state index is 13.3. The molecule has 94 valence electrons. The molecule has 4 nitrogen and oxygen atoms in total. The first-order chi connectivity index (χ1) is 7.79. The van der Waals surface area contributed by atoms with Crippen molar-refractivity contribution in [2.24, 2.45) is 5.41 Å². The van der Waals surface area contributed by atoms with Gasteiger partial charge < -0.3 is 5.32 Å². The number of nitro groups is 1. The topological polar surface area (TPSA) is 55.2 Å². The van der Waals surface area contributed by atoms with Crippen LogP contribution in [0.25, 0.3) is 0 Å². The molecule has 1 rings (SSSR count). The highest BCUT2D eigenvalue weighted by Crippen LogP contribution is 2.22. The molecule has 0 fully saturated rings. The second-order valence-electron chi connectivity index (χ2n) is 5.16. The molecular formula is C12H17FN2O2. The van der Waals surface area contributed by atoms with Gasteiger partial charge in [-0.05, 0) is 17.9 Å². The van der Waals surface area contributed by atoms with Gasteiger partial charge in [-0.2, -0.15) is 4.39 Å². The van der Waals surface area contributed by atoms with E-state index in [1.54, 1.807) is 0 Å². The van der Waals surface area contributed by atoms with Gasteiger partial charge >= 0.3 is 5.69 Å². The molecule has 1 aromatic carbocycles. The fourth-order valence-electron chi connectivity index (χ4n) is 1.35. The Morgan fingerprint density at radius 2 is 2.06 bits per heavy atom. The molecule has 0 spiro atoms. The van der Waals surface area contributed by atoms with Crippen LogP contribution < -0.4 is 5.32 Å². The van der Waals surface area contributed by atoms with Crippen molar-refractivity contribution in [3.63, 3.8) is 0 Å². The van der Waals surface area contributed by atoms with E-state index in [0.29, 0.717) is 12.2 Å². The Labute approximate surface area is 100.0 Å². The summed E-state index contributed by atoms with van der Waals surface area (Å²) >= 11 is 0. The molecule has 0 aliphatic rings. The first-order valence-electron chi connectivity index (χ1n) is 5.47. The van der Waals surface area contributed by atoms with Gasteiger partial charge in [0, 0.05) is 24.4 Å². The number of hydrogen-bond donors (Lipinski definition) is 1. The minimum absolute atomic E-state index is 0.201. The molecule has 17 heavy (non-hydrogen) atoms. The maximum atomic E-state index is 13.3. The Kier molecular flexibility index (Phi) is 4.04. The Hall–Kier alpha value is -1.65. The summed E-state index contributed by atoms with van der Waals surface area (Å²) < 4.78 is 13.3. The summed E-state index contributed by atoms with van der Waals surface area (Å²) in [7, 11) is 0. The van der Waals surface area contributed by atoms with E-state index in [4.69, 9.17) is 0 Å². The van der Waals surface area contributed by atoms with Gasteiger partial charge in [0.25, 0.3) is 0 Å². The molecule has 0 heterocycles. The predicted octanol–water partition coefficient (Wildman–Crippen LogP) is 3.58. The van der Waals surface area contributed by atoms with Crippen molar-refractivity contribution >= 4 is 11.4 Å². The van der Waals surface area contributed by atoms with Gasteiger partial charge in [-0.1, -0.05) is 20.8 Å². The van der Waals surface area contributed by atoms with Crippen LogP contribution in [0, 0.1) is 21.3 Å². The minimum atomic E-state index is -0.809. The van der Waals surface area contributed by atoms with Crippen LogP contribution in [0.2, 0.25) is 0 Å². The summed E-state index contributed by atoms with van der Waals surface area (Å²) in [4.78, 5) is 9.70. The molecule has 0 saturated carbocycles. The molecule has 5 heteroatoms. The monoisotopic (exact) mass is 240 g/mol. The van der Waals surface area contributed by atoms with Crippen molar-refractivity contribution in [2.75, 3.05) is 11.9 Å². The number of halogens is 1. The average molecular weight is 240 g/mol. The summed E-state index contributed by atoms with van der Waals surface area (Å²) in [6, 6.07) is 3.85. The van der Waals surface area contributed by atoms with Crippen LogP contribution in [-0.2, 0) is 0 Å². The zero-order valence-corrected chi connectivity index (χ0v) is 10.3. The molecule has 0 aliphatic carbocycles. The molecular weight excluding hydrogens is 223 g/mol. The second-order valence-corrected chi connectivity index (χ2v) is 5.16. The van der Waals surface area contributed by atoms with E-state index in [9.17, 15) is 14.5 Å². The minimum Gasteiger partial charge on any atom is -0.385 e. The zero-order chi connectivity index (χ0) is 13.1. The quantitative estimate of drug-likeness (QED) is 0.646. The third kappa shape index (κ3) is 4.38. The number of nitrogens with zero attached hydrogens (tertiary/aromatic N) is 1. The molecule has 0 aromatic heterocycles. The summed E-state index contributed by atoms with van der Waals surface area (Å²) in [5, 5.41) is 13.5. The van der Waals surface area contributed by atoms with Crippen LogP contribution in [-0.4, -0.2) is 11.5 Å². The number of rotatable bonds is 4. The van der Waals surface area contributed by atoms with Crippen LogP contribution in [0.4, 0.5) is 15.8 Å². The van der Waals surface area contributed by atoms with Crippen molar-refractivity contribution in [3.8, 4) is 0 Å². The van der Waals surface area contributed by atoms with E-state index in [2.05, 4.69) is 26.1 Å². The van der Waals surface area contributed by atoms with E-state index < -0.39 is 16.4 Å². The normalized spacial score (nSPS) is 11.3. The van der Waals surface area contributed by atoms with Crippen LogP contribution in [0.15, 0.2) is 18.2 Å². The standard InChI is InChI=1S/C12H17FN2O2/c1-12(2,3)6-7-14-9-4-5-11(15(16)17)10(13)8-9/h4-5,8,14H,6-7H2,1-3H3. The van der Waals surface area contributed by atoms with Gasteiger partial charge in [-0.15, -0.1) is 0 Å². The molecule has 0 bridgehead atoms. The average Bonchev–Trinajstić information content (AvgIpc) is 2.15. The van der Waals surface area contributed by atoms with Crippen LogP contribution in [0.5, 0.6) is 0 Å². The van der Waals surface area contributed by atoms with E-state index >= 15 is 0 Å². The molecule has 1 aromatic rings. The highest BCUT2D eigenvalue weighted by atomic mass is 19.1. The lowest BCUT2D eigenvalue weighted by atomic mass is 9.92. The van der Waals surface area contributed by atoms with Gasteiger partial charge in [-0.3, -0.25) is 10.1 Å². The number of hydrogen-bond acceptors (Lipinski definition) is 3. The molecule has 1 N–H and O–H groups in total. The van der Waals surface area contributed by atoms with Crippen LogP contribution >= 0.6 is 0 Å². The lowest BCUT2D eigenvalue weighted by Crippen LogP contribution is -2.12. The molecule has 0 unspecified atom stereocenters. The molecule has 0 radical (unpaired) electrons.